The van der Waals surface area contributed by atoms with Gasteiger partial charge in [0.05, 0.1) is 38.4 Å². The van der Waals surface area contributed by atoms with Crippen LogP contribution in [0.25, 0.3) is 6.08 Å². The number of amides is 1. The molecule has 160 valence electrons. The van der Waals surface area contributed by atoms with Crippen molar-refractivity contribution in [1.82, 2.24) is 9.97 Å². The Hall–Kier alpha value is -3.29. The monoisotopic (exact) mass is 412 g/mol. The Bertz CT molecular complexity index is 904. The maximum atomic E-state index is 12.5. The van der Waals surface area contributed by atoms with Crippen LogP contribution in [-0.4, -0.2) is 50.3 Å². The van der Waals surface area contributed by atoms with Gasteiger partial charge in [0.2, 0.25) is 17.6 Å². The van der Waals surface area contributed by atoms with Crippen LogP contribution in [0.1, 0.15) is 29.8 Å². The zero-order valence-corrected chi connectivity index (χ0v) is 18.1. The lowest BCUT2D eigenvalue weighted by Gasteiger charge is -2.18. The second-order valence-corrected chi connectivity index (χ2v) is 7.04. The predicted molar refractivity (Wildman–Crippen MR) is 117 cm³/mol. The Kier molecular flexibility index (Phi) is 6.76. The molecule has 0 atom stereocenters. The minimum Gasteiger partial charge on any atom is -0.493 e. The number of ether oxygens (including phenoxy) is 3. The largest absolute Gasteiger partial charge is 0.493 e. The molecular weight excluding hydrogens is 384 g/mol. The van der Waals surface area contributed by atoms with Gasteiger partial charge in [0.25, 0.3) is 0 Å². The van der Waals surface area contributed by atoms with E-state index in [9.17, 15) is 4.79 Å². The molecule has 1 amide bonds. The lowest BCUT2D eigenvalue weighted by Crippen LogP contribution is -2.22. The Morgan fingerprint density at radius 1 is 1.00 bits per heavy atom. The fourth-order valence-electron chi connectivity index (χ4n) is 3.47. The van der Waals surface area contributed by atoms with Crippen LogP contribution < -0.4 is 24.4 Å². The van der Waals surface area contributed by atoms with Crippen LogP contribution in [0.4, 0.5) is 11.6 Å². The predicted octanol–water partition coefficient (Wildman–Crippen LogP) is 3.37. The highest BCUT2D eigenvalue weighted by molar-refractivity contribution is 6.02. The molecule has 3 rings (SSSR count). The van der Waals surface area contributed by atoms with Crippen molar-refractivity contribution >= 4 is 23.6 Å². The molecule has 0 saturated carbocycles. The summed E-state index contributed by atoms with van der Waals surface area (Å²) in [6.45, 7) is 5.71. The summed E-state index contributed by atoms with van der Waals surface area (Å²) in [4.78, 5) is 23.9. The average molecular weight is 412 g/mol. The summed E-state index contributed by atoms with van der Waals surface area (Å²) in [6.07, 6.45) is 5.45. The van der Waals surface area contributed by atoms with Crippen LogP contribution in [0.3, 0.4) is 0 Å². The van der Waals surface area contributed by atoms with E-state index in [1.807, 2.05) is 13.8 Å². The van der Waals surface area contributed by atoms with Crippen LogP contribution in [-0.2, 0) is 4.79 Å². The third-order valence-corrected chi connectivity index (χ3v) is 5.01. The third-order valence-electron chi connectivity index (χ3n) is 5.01. The topological polar surface area (TPSA) is 85.8 Å². The molecule has 30 heavy (non-hydrogen) atoms. The minimum atomic E-state index is -0.271. The zero-order valence-electron chi connectivity index (χ0n) is 18.1. The maximum Gasteiger partial charge on any atom is 0.248 e. The van der Waals surface area contributed by atoms with Crippen LogP contribution in [0, 0.1) is 13.8 Å². The SMILES string of the molecule is COc1cc(/C=C/C(=O)Nc2c(C)nc(N3CCCC3)nc2C)cc(OC)c1OC. The van der Waals surface area contributed by atoms with E-state index in [2.05, 4.69) is 20.2 Å². The summed E-state index contributed by atoms with van der Waals surface area (Å²) < 4.78 is 16.0. The summed E-state index contributed by atoms with van der Waals surface area (Å²) in [6, 6.07) is 3.55. The molecule has 8 nitrogen and oxygen atoms in total. The van der Waals surface area contributed by atoms with E-state index >= 15 is 0 Å². The van der Waals surface area contributed by atoms with Gasteiger partial charge in [-0.15, -0.1) is 0 Å². The van der Waals surface area contributed by atoms with Gasteiger partial charge in [0.15, 0.2) is 11.5 Å². The molecule has 1 saturated heterocycles. The molecule has 2 heterocycles. The lowest BCUT2D eigenvalue weighted by molar-refractivity contribution is -0.111. The van der Waals surface area contributed by atoms with Crippen LogP contribution in [0.15, 0.2) is 18.2 Å². The number of hydrogen-bond acceptors (Lipinski definition) is 7. The van der Waals surface area contributed by atoms with Crippen LogP contribution >= 0.6 is 0 Å². The maximum absolute atomic E-state index is 12.5. The molecule has 0 bridgehead atoms. The van der Waals surface area contributed by atoms with Crippen molar-refractivity contribution in [1.29, 1.82) is 0 Å². The Morgan fingerprint density at radius 2 is 1.57 bits per heavy atom. The summed E-state index contributed by atoms with van der Waals surface area (Å²) in [5.41, 5.74) is 2.88. The third kappa shape index (κ3) is 4.64. The number of benzene rings is 1. The molecule has 1 fully saturated rings. The number of nitrogens with one attached hydrogen (secondary N) is 1. The van der Waals surface area contributed by atoms with E-state index in [4.69, 9.17) is 14.2 Å². The molecule has 1 aromatic heterocycles. The number of methoxy groups -OCH3 is 3. The van der Waals surface area contributed by atoms with E-state index in [1.165, 1.54) is 6.08 Å². The minimum absolute atomic E-state index is 0.271. The molecule has 1 aromatic carbocycles. The molecule has 0 spiro atoms. The van der Waals surface area contributed by atoms with Gasteiger partial charge in [-0.2, -0.15) is 0 Å². The number of anilines is 2. The molecular formula is C22H28N4O4. The Morgan fingerprint density at radius 3 is 2.07 bits per heavy atom. The highest BCUT2D eigenvalue weighted by Crippen LogP contribution is 2.38. The molecule has 1 aliphatic rings. The second-order valence-electron chi connectivity index (χ2n) is 7.04. The summed E-state index contributed by atoms with van der Waals surface area (Å²) in [5, 5.41) is 2.89. The van der Waals surface area contributed by atoms with Gasteiger partial charge in [-0.25, -0.2) is 9.97 Å². The zero-order chi connectivity index (χ0) is 21.7. The van der Waals surface area contributed by atoms with Gasteiger partial charge in [-0.1, -0.05) is 0 Å². The highest BCUT2D eigenvalue weighted by atomic mass is 16.5. The highest BCUT2D eigenvalue weighted by Gasteiger charge is 2.18. The number of aryl methyl sites for hydroxylation is 2. The number of carbonyl (C=O) groups is 1. The van der Waals surface area contributed by atoms with Crippen molar-refractivity contribution in [2.45, 2.75) is 26.7 Å². The van der Waals surface area contributed by atoms with Gasteiger partial charge in [-0.3, -0.25) is 4.79 Å². The lowest BCUT2D eigenvalue weighted by atomic mass is 10.1. The Labute approximate surface area is 176 Å². The smallest absolute Gasteiger partial charge is 0.248 e. The molecule has 1 N–H and O–H groups in total. The van der Waals surface area contributed by atoms with E-state index < -0.39 is 0 Å². The normalized spacial score (nSPS) is 13.6. The van der Waals surface area contributed by atoms with Gasteiger partial charge in [-0.05, 0) is 50.5 Å². The van der Waals surface area contributed by atoms with Crippen LogP contribution in [0.5, 0.6) is 17.2 Å². The summed E-state index contributed by atoms with van der Waals surface area (Å²) in [7, 11) is 4.65. The van der Waals surface area contributed by atoms with Gasteiger partial charge in [0, 0.05) is 19.2 Å². The van der Waals surface area contributed by atoms with Crippen molar-refractivity contribution in [2.75, 3.05) is 44.6 Å². The molecule has 0 radical (unpaired) electrons. The number of hydrogen-bond donors (Lipinski definition) is 1. The number of rotatable bonds is 7. The van der Waals surface area contributed by atoms with E-state index in [-0.39, 0.29) is 5.91 Å². The number of aromatic nitrogens is 2. The van der Waals surface area contributed by atoms with Crippen molar-refractivity contribution in [2.24, 2.45) is 0 Å². The fraction of sp³-hybridized carbons (Fsp3) is 0.409. The van der Waals surface area contributed by atoms with Gasteiger partial charge >= 0.3 is 0 Å². The quantitative estimate of drug-likeness (QED) is 0.698. The first kappa shape index (κ1) is 21.4. The van der Waals surface area contributed by atoms with Crippen molar-refractivity contribution < 1.29 is 19.0 Å². The van der Waals surface area contributed by atoms with Crippen molar-refractivity contribution in [3.8, 4) is 17.2 Å². The fourth-order valence-corrected chi connectivity index (χ4v) is 3.47. The van der Waals surface area contributed by atoms with E-state index in [0.717, 1.165) is 48.8 Å². The first-order valence-electron chi connectivity index (χ1n) is 9.86. The summed E-state index contributed by atoms with van der Waals surface area (Å²) >= 11 is 0. The average Bonchev–Trinajstić information content (AvgIpc) is 3.28. The molecule has 2 aromatic rings. The number of carbonyl (C=O) groups excluding carboxylic acids is 1. The second kappa shape index (κ2) is 9.47. The van der Waals surface area contributed by atoms with Crippen molar-refractivity contribution in [3.63, 3.8) is 0 Å². The molecule has 0 unspecified atom stereocenters. The summed E-state index contributed by atoms with van der Waals surface area (Å²) in [5.74, 6) is 2.01. The molecule has 0 aliphatic carbocycles. The Balaban J connectivity index is 1.76. The van der Waals surface area contributed by atoms with Crippen molar-refractivity contribution in [3.05, 3.63) is 35.2 Å². The van der Waals surface area contributed by atoms with E-state index in [0.29, 0.717) is 22.9 Å². The first-order valence-corrected chi connectivity index (χ1v) is 9.86. The first-order chi connectivity index (χ1) is 14.5. The van der Waals surface area contributed by atoms with Gasteiger partial charge in [0.1, 0.15) is 0 Å². The van der Waals surface area contributed by atoms with E-state index in [1.54, 1.807) is 39.5 Å². The molecule has 1 aliphatic heterocycles. The standard InChI is InChI=1S/C22H28N4O4/c1-14-20(15(2)24-22(23-14)26-10-6-7-11-26)25-19(27)9-8-16-12-17(28-3)21(30-5)18(13-16)29-4/h8-9,12-13H,6-7,10-11H2,1-5H3,(H,25,27)/b9-8+. The number of nitrogens with zero attached hydrogens (tertiary/aromatic N) is 3. The van der Waals surface area contributed by atoms with Gasteiger partial charge < -0.3 is 24.4 Å². The molecule has 8 heteroatoms. The van der Waals surface area contributed by atoms with Crippen LogP contribution in [0.2, 0.25) is 0 Å².